The average Bonchev–Trinajstić information content (AvgIpc) is 3.07. The van der Waals surface area contributed by atoms with Crippen LogP contribution >= 0.6 is 0 Å². The smallest absolute Gasteiger partial charge is 0.231 e. The van der Waals surface area contributed by atoms with E-state index in [1.165, 1.54) is 16.7 Å². The molecule has 0 spiro atoms. The third-order valence-corrected chi connectivity index (χ3v) is 4.67. The summed E-state index contributed by atoms with van der Waals surface area (Å²) in [6.07, 6.45) is 1.02. The van der Waals surface area contributed by atoms with E-state index in [-0.39, 0.29) is 0 Å². The van der Waals surface area contributed by atoms with Crippen LogP contribution in [0.4, 0.5) is 0 Å². The van der Waals surface area contributed by atoms with Crippen LogP contribution in [-0.2, 0) is 19.5 Å². The van der Waals surface area contributed by atoms with Gasteiger partial charge in [-0.15, -0.1) is 0 Å². The Morgan fingerprint density at radius 3 is 2.54 bits per heavy atom. The topological polar surface area (TPSA) is 40.2 Å². The second kappa shape index (κ2) is 6.24. The molecule has 0 amide bonds. The molecule has 126 valence electrons. The van der Waals surface area contributed by atoms with Gasteiger partial charge < -0.3 is 18.9 Å². The van der Waals surface area contributed by atoms with Crippen LogP contribution in [-0.4, -0.2) is 32.5 Å². The second-order valence-electron chi connectivity index (χ2n) is 6.11. The maximum Gasteiger partial charge on any atom is 0.231 e. The van der Waals surface area contributed by atoms with Crippen molar-refractivity contribution in [2.75, 3.05) is 27.6 Å². The van der Waals surface area contributed by atoms with E-state index in [9.17, 15) is 0 Å². The van der Waals surface area contributed by atoms with Crippen LogP contribution in [0.15, 0.2) is 30.3 Å². The molecule has 0 bridgehead atoms. The molecule has 0 atom stereocenters. The van der Waals surface area contributed by atoms with E-state index in [2.05, 4.69) is 23.1 Å². The second-order valence-corrected chi connectivity index (χ2v) is 6.11. The molecule has 0 N–H and O–H groups in total. The first kappa shape index (κ1) is 15.1. The Balaban J connectivity index is 1.53. The molecule has 5 heteroatoms. The van der Waals surface area contributed by atoms with Gasteiger partial charge in [-0.25, -0.2) is 0 Å². The quantitative estimate of drug-likeness (QED) is 0.863. The predicted octanol–water partition coefficient (Wildman–Crippen LogP) is 2.99. The Kier molecular flexibility index (Phi) is 3.94. The largest absolute Gasteiger partial charge is 0.497 e. The zero-order valence-corrected chi connectivity index (χ0v) is 14.0. The van der Waals surface area contributed by atoms with Crippen LogP contribution in [0.1, 0.15) is 16.7 Å². The number of benzene rings is 2. The maximum absolute atomic E-state index is 5.52. The van der Waals surface area contributed by atoms with E-state index in [0.29, 0.717) is 6.79 Å². The van der Waals surface area contributed by atoms with Crippen LogP contribution in [0.2, 0.25) is 0 Å². The van der Waals surface area contributed by atoms with Crippen molar-refractivity contribution >= 4 is 0 Å². The van der Waals surface area contributed by atoms with Crippen molar-refractivity contribution in [3.8, 4) is 23.0 Å². The summed E-state index contributed by atoms with van der Waals surface area (Å²) in [5, 5.41) is 0. The summed E-state index contributed by atoms with van der Waals surface area (Å²) in [5.74, 6) is 3.41. The molecule has 0 unspecified atom stereocenters. The number of methoxy groups -OCH3 is 2. The Morgan fingerprint density at radius 1 is 1.00 bits per heavy atom. The molecule has 4 rings (SSSR count). The van der Waals surface area contributed by atoms with Crippen molar-refractivity contribution in [2.24, 2.45) is 0 Å². The van der Waals surface area contributed by atoms with Crippen molar-refractivity contribution in [1.82, 2.24) is 4.90 Å². The molecule has 2 aromatic rings. The number of hydrogen-bond donors (Lipinski definition) is 0. The van der Waals surface area contributed by atoms with Gasteiger partial charge in [0.2, 0.25) is 6.79 Å². The van der Waals surface area contributed by atoms with E-state index in [0.717, 1.165) is 49.1 Å². The third-order valence-electron chi connectivity index (χ3n) is 4.67. The van der Waals surface area contributed by atoms with Gasteiger partial charge in [0.25, 0.3) is 0 Å². The van der Waals surface area contributed by atoms with Crippen molar-refractivity contribution in [2.45, 2.75) is 19.5 Å². The number of ether oxygens (including phenoxy) is 4. The Morgan fingerprint density at radius 2 is 1.79 bits per heavy atom. The molecule has 0 saturated heterocycles. The number of nitrogens with zero attached hydrogens (tertiary/aromatic N) is 1. The molecule has 0 fully saturated rings. The average molecular weight is 327 g/mol. The molecule has 2 aromatic carbocycles. The summed E-state index contributed by atoms with van der Waals surface area (Å²) < 4.78 is 21.8. The molecular formula is C19H21NO4. The van der Waals surface area contributed by atoms with Gasteiger partial charge in [-0.1, -0.05) is 6.07 Å². The summed E-state index contributed by atoms with van der Waals surface area (Å²) in [6.45, 7) is 3.09. The lowest BCUT2D eigenvalue weighted by atomic mass is 9.98. The highest BCUT2D eigenvalue weighted by molar-refractivity contribution is 5.49. The normalized spacial score (nSPS) is 15.9. The summed E-state index contributed by atoms with van der Waals surface area (Å²) in [4.78, 5) is 2.43. The third kappa shape index (κ3) is 2.76. The zero-order chi connectivity index (χ0) is 16.5. The fourth-order valence-electron chi connectivity index (χ4n) is 3.36. The Bertz CT molecular complexity index is 759. The molecule has 5 nitrogen and oxygen atoms in total. The van der Waals surface area contributed by atoms with Crippen molar-refractivity contribution in [3.63, 3.8) is 0 Å². The fraction of sp³-hybridized carbons (Fsp3) is 0.368. The van der Waals surface area contributed by atoms with Crippen LogP contribution in [0.25, 0.3) is 0 Å². The standard InChI is InChI=1S/C19H21NO4/c1-21-16-4-3-14(17(9-16)22-2)10-20-6-5-13-7-18-19(24-12-23-18)8-15(13)11-20/h3-4,7-9H,5-6,10-12H2,1-2H3. The summed E-state index contributed by atoms with van der Waals surface area (Å²) >= 11 is 0. The first-order chi connectivity index (χ1) is 11.8. The van der Waals surface area contributed by atoms with Crippen LogP contribution in [0, 0.1) is 0 Å². The lowest BCUT2D eigenvalue weighted by molar-refractivity contribution is 0.174. The van der Waals surface area contributed by atoms with Gasteiger partial charge >= 0.3 is 0 Å². The van der Waals surface area contributed by atoms with Crippen LogP contribution < -0.4 is 18.9 Å². The van der Waals surface area contributed by atoms with Gasteiger partial charge in [0.15, 0.2) is 11.5 Å². The first-order valence-corrected chi connectivity index (χ1v) is 8.11. The fourth-order valence-corrected chi connectivity index (χ4v) is 3.36. The predicted molar refractivity (Wildman–Crippen MR) is 89.9 cm³/mol. The summed E-state index contributed by atoms with van der Waals surface area (Å²) in [6, 6.07) is 10.2. The molecule has 0 aromatic heterocycles. The molecule has 2 aliphatic heterocycles. The molecule has 2 aliphatic rings. The zero-order valence-electron chi connectivity index (χ0n) is 14.0. The van der Waals surface area contributed by atoms with Gasteiger partial charge in [-0.2, -0.15) is 0 Å². The Hall–Kier alpha value is -2.40. The maximum atomic E-state index is 5.52. The minimum Gasteiger partial charge on any atom is -0.497 e. The van der Waals surface area contributed by atoms with E-state index in [1.807, 2.05) is 12.1 Å². The van der Waals surface area contributed by atoms with E-state index in [1.54, 1.807) is 14.2 Å². The van der Waals surface area contributed by atoms with Crippen molar-refractivity contribution in [1.29, 1.82) is 0 Å². The highest BCUT2D eigenvalue weighted by atomic mass is 16.7. The lowest BCUT2D eigenvalue weighted by Gasteiger charge is -2.29. The number of fused-ring (bicyclic) bond motifs is 2. The van der Waals surface area contributed by atoms with Crippen molar-refractivity contribution in [3.05, 3.63) is 47.0 Å². The van der Waals surface area contributed by atoms with Gasteiger partial charge in [-0.3, -0.25) is 4.90 Å². The van der Waals surface area contributed by atoms with E-state index >= 15 is 0 Å². The SMILES string of the molecule is COc1ccc(CN2CCc3cc4c(cc3C2)OCO4)c(OC)c1. The van der Waals surface area contributed by atoms with Crippen LogP contribution in [0.3, 0.4) is 0 Å². The van der Waals surface area contributed by atoms with Gasteiger partial charge in [0.05, 0.1) is 14.2 Å². The number of rotatable bonds is 4. The van der Waals surface area contributed by atoms with Crippen molar-refractivity contribution < 1.29 is 18.9 Å². The van der Waals surface area contributed by atoms with Crippen LogP contribution in [0.5, 0.6) is 23.0 Å². The summed E-state index contributed by atoms with van der Waals surface area (Å²) in [5.41, 5.74) is 3.85. The van der Waals surface area contributed by atoms with Gasteiger partial charge in [-0.05, 0) is 35.7 Å². The minimum atomic E-state index is 0.324. The molecule has 24 heavy (non-hydrogen) atoms. The molecule has 2 heterocycles. The summed E-state index contributed by atoms with van der Waals surface area (Å²) in [7, 11) is 3.37. The molecule has 0 aliphatic carbocycles. The first-order valence-electron chi connectivity index (χ1n) is 8.11. The molecule has 0 saturated carbocycles. The monoisotopic (exact) mass is 327 g/mol. The highest BCUT2D eigenvalue weighted by Crippen LogP contribution is 2.37. The highest BCUT2D eigenvalue weighted by Gasteiger charge is 2.22. The van der Waals surface area contributed by atoms with Gasteiger partial charge in [0, 0.05) is 31.3 Å². The van der Waals surface area contributed by atoms with Gasteiger partial charge in [0.1, 0.15) is 11.5 Å². The van der Waals surface area contributed by atoms with E-state index in [4.69, 9.17) is 18.9 Å². The Labute approximate surface area is 141 Å². The number of hydrogen-bond acceptors (Lipinski definition) is 5. The van der Waals surface area contributed by atoms with E-state index < -0.39 is 0 Å². The lowest BCUT2D eigenvalue weighted by Crippen LogP contribution is -2.30. The molecule has 0 radical (unpaired) electrons. The minimum absolute atomic E-state index is 0.324. The molecular weight excluding hydrogens is 306 g/mol.